The molecule has 118 valence electrons. The summed E-state index contributed by atoms with van der Waals surface area (Å²) in [5.41, 5.74) is 2.07. The third-order valence-corrected chi connectivity index (χ3v) is 4.03. The van der Waals surface area contributed by atoms with Gasteiger partial charge in [0.25, 0.3) is 0 Å². The molecule has 2 amide bonds. The molecule has 0 unspecified atom stereocenters. The van der Waals surface area contributed by atoms with Crippen LogP contribution in [0.1, 0.15) is 18.4 Å². The number of anilines is 1. The maximum Gasteiger partial charge on any atom is 0.249 e. The molecule has 2 aliphatic rings. The number of ether oxygens (including phenoxy) is 1. The first-order valence-corrected chi connectivity index (χ1v) is 7.72. The summed E-state index contributed by atoms with van der Waals surface area (Å²) in [6, 6.07) is 7.95. The molecule has 22 heavy (non-hydrogen) atoms. The molecule has 1 aromatic rings. The highest BCUT2D eigenvalue weighted by atomic mass is 16.5. The number of benzene rings is 1. The highest BCUT2D eigenvalue weighted by molar-refractivity contribution is 5.82. The number of nitrogens with zero attached hydrogens (tertiary/aromatic N) is 1. The minimum absolute atomic E-state index is 0.0331. The number of amides is 2. The van der Waals surface area contributed by atoms with Gasteiger partial charge in [0.2, 0.25) is 11.8 Å². The molecule has 0 spiro atoms. The van der Waals surface area contributed by atoms with E-state index in [-0.39, 0.29) is 17.9 Å². The Hall–Kier alpha value is -2.08. The molecule has 2 saturated heterocycles. The standard InChI is InChI=1S/C16H21N3O3/c20-15-11-19(8-7-17-15)13-5-3-12(4-6-13)10-18-16(21)14-2-1-9-22-14/h3-6,14H,1-2,7-11H2,(H,17,20)(H,18,21)/t14-/m0/s1. The number of nitrogens with one attached hydrogen (secondary N) is 2. The quantitative estimate of drug-likeness (QED) is 0.845. The van der Waals surface area contributed by atoms with E-state index in [1.54, 1.807) is 0 Å². The zero-order chi connectivity index (χ0) is 15.4. The first kappa shape index (κ1) is 14.8. The number of hydrogen-bond donors (Lipinski definition) is 2. The van der Waals surface area contributed by atoms with Gasteiger partial charge in [-0.15, -0.1) is 0 Å². The van der Waals surface area contributed by atoms with Crippen molar-refractivity contribution in [1.29, 1.82) is 0 Å². The van der Waals surface area contributed by atoms with E-state index in [2.05, 4.69) is 10.6 Å². The van der Waals surface area contributed by atoms with Gasteiger partial charge in [0.1, 0.15) is 6.10 Å². The lowest BCUT2D eigenvalue weighted by molar-refractivity contribution is -0.130. The lowest BCUT2D eigenvalue weighted by atomic mass is 10.1. The van der Waals surface area contributed by atoms with Gasteiger partial charge in [0.05, 0.1) is 6.54 Å². The normalized spacial score (nSPS) is 21.5. The first-order chi connectivity index (χ1) is 10.7. The number of carbonyl (C=O) groups is 2. The molecule has 2 fully saturated rings. The van der Waals surface area contributed by atoms with Crippen molar-refractivity contribution in [2.24, 2.45) is 0 Å². The van der Waals surface area contributed by atoms with E-state index in [0.29, 0.717) is 26.2 Å². The molecule has 2 heterocycles. The van der Waals surface area contributed by atoms with Crippen LogP contribution in [0.2, 0.25) is 0 Å². The maximum atomic E-state index is 11.9. The third-order valence-electron chi connectivity index (χ3n) is 4.03. The summed E-state index contributed by atoms with van der Waals surface area (Å²) < 4.78 is 5.36. The fourth-order valence-corrected chi connectivity index (χ4v) is 2.77. The van der Waals surface area contributed by atoms with Crippen LogP contribution in [0.4, 0.5) is 5.69 Å². The summed E-state index contributed by atoms with van der Waals surface area (Å²) in [6.45, 7) is 3.07. The van der Waals surface area contributed by atoms with E-state index in [1.165, 1.54) is 0 Å². The van der Waals surface area contributed by atoms with Crippen molar-refractivity contribution < 1.29 is 14.3 Å². The Morgan fingerprint density at radius 1 is 1.36 bits per heavy atom. The largest absolute Gasteiger partial charge is 0.368 e. The summed E-state index contributed by atoms with van der Waals surface area (Å²) >= 11 is 0. The number of rotatable bonds is 4. The van der Waals surface area contributed by atoms with Crippen LogP contribution in [0.15, 0.2) is 24.3 Å². The second-order valence-electron chi connectivity index (χ2n) is 5.66. The van der Waals surface area contributed by atoms with Crippen molar-refractivity contribution in [2.75, 3.05) is 31.1 Å². The summed E-state index contributed by atoms with van der Waals surface area (Å²) in [5, 5.41) is 5.72. The van der Waals surface area contributed by atoms with Crippen LogP contribution in [-0.4, -0.2) is 44.2 Å². The Kier molecular flexibility index (Phi) is 4.58. The first-order valence-electron chi connectivity index (χ1n) is 7.72. The summed E-state index contributed by atoms with van der Waals surface area (Å²) in [4.78, 5) is 25.3. The van der Waals surface area contributed by atoms with Crippen molar-refractivity contribution >= 4 is 17.5 Å². The molecule has 2 aliphatic heterocycles. The molecule has 6 heteroatoms. The van der Waals surface area contributed by atoms with Crippen molar-refractivity contribution in [3.63, 3.8) is 0 Å². The van der Waals surface area contributed by atoms with Gasteiger partial charge in [-0.05, 0) is 30.5 Å². The van der Waals surface area contributed by atoms with Crippen molar-refractivity contribution in [3.05, 3.63) is 29.8 Å². The van der Waals surface area contributed by atoms with Crippen LogP contribution in [0.25, 0.3) is 0 Å². The summed E-state index contributed by atoms with van der Waals surface area (Å²) in [5.74, 6) is 0.0217. The monoisotopic (exact) mass is 303 g/mol. The van der Waals surface area contributed by atoms with Gasteiger partial charge in [0, 0.05) is 31.9 Å². The van der Waals surface area contributed by atoms with Gasteiger partial charge >= 0.3 is 0 Å². The zero-order valence-corrected chi connectivity index (χ0v) is 12.5. The molecule has 6 nitrogen and oxygen atoms in total. The van der Waals surface area contributed by atoms with Crippen LogP contribution in [0.5, 0.6) is 0 Å². The zero-order valence-electron chi connectivity index (χ0n) is 12.5. The topological polar surface area (TPSA) is 70.7 Å². The molecular weight excluding hydrogens is 282 g/mol. The van der Waals surface area contributed by atoms with E-state index in [4.69, 9.17) is 4.74 Å². The smallest absolute Gasteiger partial charge is 0.249 e. The average molecular weight is 303 g/mol. The highest BCUT2D eigenvalue weighted by Gasteiger charge is 2.23. The number of hydrogen-bond acceptors (Lipinski definition) is 4. The fourth-order valence-electron chi connectivity index (χ4n) is 2.77. The van der Waals surface area contributed by atoms with Crippen LogP contribution >= 0.6 is 0 Å². The summed E-state index contributed by atoms with van der Waals surface area (Å²) in [6.07, 6.45) is 1.48. The van der Waals surface area contributed by atoms with Crippen LogP contribution < -0.4 is 15.5 Å². The Morgan fingerprint density at radius 2 is 2.18 bits per heavy atom. The van der Waals surface area contributed by atoms with E-state index >= 15 is 0 Å². The maximum absolute atomic E-state index is 11.9. The van der Waals surface area contributed by atoms with E-state index in [1.807, 2.05) is 29.2 Å². The second-order valence-corrected chi connectivity index (χ2v) is 5.66. The van der Waals surface area contributed by atoms with Crippen molar-refractivity contribution in [2.45, 2.75) is 25.5 Å². The molecular formula is C16H21N3O3. The van der Waals surface area contributed by atoms with E-state index in [9.17, 15) is 9.59 Å². The molecule has 0 aromatic heterocycles. The van der Waals surface area contributed by atoms with Crippen LogP contribution in [0, 0.1) is 0 Å². The minimum atomic E-state index is -0.286. The van der Waals surface area contributed by atoms with Gasteiger partial charge in [0.15, 0.2) is 0 Å². The molecule has 0 bridgehead atoms. The molecule has 3 rings (SSSR count). The Morgan fingerprint density at radius 3 is 2.86 bits per heavy atom. The van der Waals surface area contributed by atoms with Gasteiger partial charge < -0.3 is 20.3 Å². The predicted octanol–water partition coefficient (Wildman–Crippen LogP) is 0.418. The van der Waals surface area contributed by atoms with Gasteiger partial charge in [-0.2, -0.15) is 0 Å². The Bertz CT molecular complexity index is 538. The van der Waals surface area contributed by atoms with Crippen molar-refractivity contribution in [1.82, 2.24) is 10.6 Å². The molecule has 1 atom stereocenters. The van der Waals surface area contributed by atoms with Gasteiger partial charge in [-0.3, -0.25) is 9.59 Å². The minimum Gasteiger partial charge on any atom is -0.368 e. The second kappa shape index (κ2) is 6.79. The Balaban J connectivity index is 1.52. The van der Waals surface area contributed by atoms with Crippen LogP contribution in [0.3, 0.4) is 0 Å². The van der Waals surface area contributed by atoms with Gasteiger partial charge in [-0.25, -0.2) is 0 Å². The van der Waals surface area contributed by atoms with E-state index < -0.39 is 0 Å². The summed E-state index contributed by atoms with van der Waals surface area (Å²) in [7, 11) is 0. The van der Waals surface area contributed by atoms with Gasteiger partial charge in [-0.1, -0.05) is 12.1 Å². The fraction of sp³-hybridized carbons (Fsp3) is 0.500. The molecule has 0 saturated carbocycles. The SMILES string of the molecule is O=C1CN(c2ccc(CNC(=O)[C@@H]3CCCO3)cc2)CCN1. The lowest BCUT2D eigenvalue weighted by Crippen LogP contribution is -2.47. The Labute approximate surface area is 129 Å². The van der Waals surface area contributed by atoms with Crippen molar-refractivity contribution in [3.8, 4) is 0 Å². The number of carbonyl (C=O) groups excluding carboxylic acids is 2. The molecule has 0 radical (unpaired) electrons. The molecule has 2 N–H and O–H groups in total. The third kappa shape index (κ3) is 3.57. The van der Waals surface area contributed by atoms with E-state index in [0.717, 1.165) is 30.6 Å². The predicted molar refractivity (Wildman–Crippen MR) is 82.5 cm³/mol. The molecule has 0 aliphatic carbocycles. The molecule has 1 aromatic carbocycles. The highest BCUT2D eigenvalue weighted by Crippen LogP contribution is 2.16. The van der Waals surface area contributed by atoms with Crippen LogP contribution in [-0.2, 0) is 20.9 Å². The lowest BCUT2D eigenvalue weighted by Gasteiger charge is -2.28. The number of piperazine rings is 1. The average Bonchev–Trinajstić information content (AvgIpc) is 3.08.